The van der Waals surface area contributed by atoms with E-state index in [0.717, 1.165) is 31.4 Å². The molecule has 0 N–H and O–H groups in total. The van der Waals surface area contributed by atoms with Gasteiger partial charge < -0.3 is 14.2 Å². The maximum atomic E-state index is 13.5. The van der Waals surface area contributed by atoms with Crippen LogP contribution in [0.4, 0.5) is 4.79 Å². The molecule has 0 aliphatic carbocycles. The Hall–Kier alpha value is -2.12. The fraction of sp³-hybridized carbons (Fsp3) is 0.680. The lowest BCUT2D eigenvalue weighted by molar-refractivity contribution is -0.145. The third kappa shape index (κ3) is 4.13. The Morgan fingerprint density at radius 3 is 2.47 bits per heavy atom. The highest BCUT2D eigenvalue weighted by molar-refractivity contribution is 5.79. The van der Waals surface area contributed by atoms with Gasteiger partial charge in [0.2, 0.25) is 0 Å². The number of benzene rings is 1. The van der Waals surface area contributed by atoms with Gasteiger partial charge in [0, 0.05) is 18.5 Å². The molecule has 0 unspecified atom stereocenters. The summed E-state index contributed by atoms with van der Waals surface area (Å²) in [5, 5.41) is 0. The molecule has 0 saturated carbocycles. The number of hydrogen-bond donors (Lipinski definition) is 0. The Labute approximate surface area is 191 Å². The summed E-state index contributed by atoms with van der Waals surface area (Å²) in [6.45, 7) is 9.88. The zero-order chi connectivity index (χ0) is 23.1. The number of ether oxygens (including phenoxy) is 3. The number of rotatable bonds is 4. The molecule has 0 bridgehead atoms. The maximum absolute atomic E-state index is 13.5. The summed E-state index contributed by atoms with van der Waals surface area (Å²) in [7, 11) is 1.42. The number of esters is 1. The van der Waals surface area contributed by atoms with Gasteiger partial charge in [0.1, 0.15) is 11.8 Å². The van der Waals surface area contributed by atoms with Crippen LogP contribution in [0.15, 0.2) is 30.3 Å². The monoisotopic (exact) mass is 444 g/mol. The highest BCUT2D eigenvalue weighted by atomic mass is 16.6. The molecular formula is C25H36N2O5. The molecule has 0 spiro atoms. The van der Waals surface area contributed by atoms with Crippen LogP contribution in [0.1, 0.15) is 58.4 Å². The van der Waals surface area contributed by atoms with E-state index in [-0.39, 0.29) is 30.1 Å². The number of carbonyl (C=O) groups excluding carboxylic acids is 2. The van der Waals surface area contributed by atoms with Crippen molar-refractivity contribution < 1.29 is 23.8 Å². The van der Waals surface area contributed by atoms with Gasteiger partial charge in [-0.05, 0) is 52.6 Å². The van der Waals surface area contributed by atoms with Gasteiger partial charge in [-0.2, -0.15) is 0 Å². The summed E-state index contributed by atoms with van der Waals surface area (Å²) in [5.41, 5.74) is -0.319. The fourth-order valence-corrected chi connectivity index (χ4v) is 5.93. The minimum atomic E-state index is -0.748. The van der Waals surface area contributed by atoms with Gasteiger partial charge in [-0.3, -0.25) is 14.6 Å². The second kappa shape index (κ2) is 8.67. The van der Waals surface area contributed by atoms with Crippen molar-refractivity contribution in [3.63, 3.8) is 0 Å². The molecule has 176 valence electrons. The molecule has 0 radical (unpaired) electrons. The second-order valence-corrected chi connectivity index (χ2v) is 10.4. The molecule has 4 atom stereocenters. The first kappa shape index (κ1) is 23.1. The molecule has 7 nitrogen and oxygen atoms in total. The summed E-state index contributed by atoms with van der Waals surface area (Å²) in [5.74, 6) is -0.945. The van der Waals surface area contributed by atoms with Crippen molar-refractivity contribution in [2.24, 2.45) is 5.92 Å². The molecule has 3 aliphatic heterocycles. The van der Waals surface area contributed by atoms with Crippen molar-refractivity contribution in [2.75, 3.05) is 26.8 Å². The third-order valence-electron chi connectivity index (χ3n) is 7.29. The van der Waals surface area contributed by atoms with Gasteiger partial charge in [0.25, 0.3) is 0 Å². The van der Waals surface area contributed by atoms with Crippen molar-refractivity contribution in [3.8, 4) is 0 Å². The van der Waals surface area contributed by atoms with Crippen LogP contribution in [0.2, 0.25) is 0 Å². The van der Waals surface area contributed by atoms with E-state index >= 15 is 0 Å². The Morgan fingerprint density at radius 1 is 1.12 bits per heavy atom. The quantitative estimate of drug-likeness (QED) is 0.659. The number of carbonyl (C=O) groups is 2. The number of amides is 1. The van der Waals surface area contributed by atoms with Crippen LogP contribution in [-0.2, 0) is 19.0 Å². The van der Waals surface area contributed by atoms with Crippen LogP contribution in [-0.4, -0.2) is 72.1 Å². The first-order valence-corrected chi connectivity index (χ1v) is 11.7. The van der Waals surface area contributed by atoms with E-state index < -0.39 is 17.2 Å². The fourth-order valence-electron chi connectivity index (χ4n) is 5.93. The molecule has 1 amide bonds. The summed E-state index contributed by atoms with van der Waals surface area (Å²) >= 11 is 0. The third-order valence-corrected chi connectivity index (χ3v) is 7.29. The minimum Gasteiger partial charge on any atom is -0.469 e. The van der Waals surface area contributed by atoms with Crippen LogP contribution < -0.4 is 0 Å². The van der Waals surface area contributed by atoms with Crippen molar-refractivity contribution in [1.82, 2.24) is 9.80 Å². The summed E-state index contributed by atoms with van der Waals surface area (Å²) in [4.78, 5) is 30.6. The SMILES string of the molecule is COC(=O)[C@H](c1ccccc1)[C@@H]1CN2CCCC[C@@H]2[C@H]1OC(=O)N1C(C)(C)COC1(C)C. The van der Waals surface area contributed by atoms with Gasteiger partial charge in [0.15, 0.2) is 0 Å². The predicted molar refractivity (Wildman–Crippen MR) is 120 cm³/mol. The topological polar surface area (TPSA) is 68.3 Å². The molecule has 1 aromatic rings. The maximum Gasteiger partial charge on any atom is 0.412 e. The Bertz CT molecular complexity index is 824. The summed E-state index contributed by atoms with van der Waals surface area (Å²) in [6, 6.07) is 9.83. The average Bonchev–Trinajstić information content (AvgIpc) is 3.22. The number of hydrogen-bond acceptors (Lipinski definition) is 6. The first-order chi connectivity index (χ1) is 15.2. The number of piperidine rings is 1. The Balaban J connectivity index is 1.67. The van der Waals surface area contributed by atoms with E-state index in [1.807, 2.05) is 58.0 Å². The van der Waals surface area contributed by atoms with Crippen molar-refractivity contribution in [3.05, 3.63) is 35.9 Å². The highest BCUT2D eigenvalue weighted by Crippen LogP contribution is 2.43. The normalized spacial score (nSPS) is 29.9. The van der Waals surface area contributed by atoms with Crippen molar-refractivity contribution >= 4 is 12.1 Å². The molecule has 3 fully saturated rings. The number of fused-ring (bicyclic) bond motifs is 1. The largest absolute Gasteiger partial charge is 0.469 e. The lowest BCUT2D eigenvalue weighted by Crippen LogP contribution is -2.55. The molecule has 3 heterocycles. The molecular weight excluding hydrogens is 408 g/mol. The molecule has 7 heteroatoms. The minimum absolute atomic E-state index is 0.114. The van der Waals surface area contributed by atoms with Crippen LogP contribution >= 0.6 is 0 Å². The van der Waals surface area contributed by atoms with E-state index in [4.69, 9.17) is 14.2 Å². The van der Waals surface area contributed by atoms with E-state index in [9.17, 15) is 9.59 Å². The van der Waals surface area contributed by atoms with Gasteiger partial charge >= 0.3 is 12.1 Å². The van der Waals surface area contributed by atoms with Crippen LogP contribution in [0.5, 0.6) is 0 Å². The first-order valence-electron chi connectivity index (χ1n) is 11.7. The number of methoxy groups -OCH3 is 1. The zero-order valence-electron chi connectivity index (χ0n) is 19.9. The predicted octanol–water partition coefficient (Wildman–Crippen LogP) is 3.78. The Morgan fingerprint density at radius 2 is 1.84 bits per heavy atom. The van der Waals surface area contributed by atoms with E-state index in [1.54, 1.807) is 4.90 Å². The van der Waals surface area contributed by atoms with Crippen LogP contribution in [0.3, 0.4) is 0 Å². The highest BCUT2D eigenvalue weighted by Gasteiger charge is 2.54. The lowest BCUT2D eigenvalue weighted by atomic mass is 9.82. The molecule has 1 aromatic carbocycles. The summed E-state index contributed by atoms with van der Waals surface area (Å²) in [6.07, 6.45) is 2.41. The van der Waals surface area contributed by atoms with E-state index in [1.165, 1.54) is 7.11 Å². The van der Waals surface area contributed by atoms with Crippen molar-refractivity contribution in [2.45, 2.75) is 76.3 Å². The number of nitrogens with zero attached hydrogens (tertiary/aromatic N) is 2. The molecule has 4 rings (SSSR count). The Kier molecular flexibility index (Phi) is 6.25. The van der Waals surface area contributed by atoms with Gasteiger partial charge in [-0.25, -0.2) is 4.79 Å². The van der Waals surface area contributed by atoms with Gasteiger partial charge in [-0.1, -0.05) is 36.8 Å². The molecule has 32 heavy (non-hydrogen) atoms. The zero-order valence-corrected chi connectivity index (χ0v) is 19.9. The molecule has 0 aromatic heterocycles. The smallest absolute Gasteiger partial charge is 0.412 e. The average molecular weight is 445 g/mol. The molecule has 3 saturated heterocycles. The second-order valence-electron chi connectivity index (χ2n) is 10.4. The van der Waals surface area contributed by atoms with Gasteiger partial charge in [-0.15, -0.1) is 0 Å². The summed E-state index contributed by atoms with van der Waals surface area (Å²) < 4.78 is 17.4. The van der Waals surface area contributed by atoms with Crippen LogP contribution in [0, 0.1) is 5.92 Å². The lowest BCUT2D eigenvalue weighted by Gasteiger charge is -2.39. The molecule has 3 aliphatic rings. The van der Waals surface area contributed by atoms with Crippen LogP contribution in [0.25, 0.3) is 0 Å². The standard InChI is InChI=1S/C25H36N2O5/c1-24(2)16-31-25(3,4)27(24)23(29)32-21-18(15-26-14-10-9-13-19(21)26)20(22(28)30-5)17-11-7-6-8-12-17/h6-8,11-12,18-21H,9-10,13-16H2,1-5H3/t18-,19+,20+,21-/m0/s1. The van der Waals surface area contributed by atoms with E-state index in [0.29, 0.717) is 13.2 Å². The van der Waals surface area contributed by atoms with Crippen molar-refractivity contribution in [1.29, 1.82) is 0 Å². The van der Waals surface area contributed by atoms with E-state index in [2.05, 4.69) is 4.90 Å². The van der Waals surface area contributed by atoms with Gasteiger partial charge in [0.05, 0.1) is 25.2 Å².